The van der Waals surface area contributed by atoms with Crippen molar-refractivity contribution in [1.82, 2.24) is 15.0 Å². The van der Waals surface area contributed by atoms with Gasteiger partial charge in [0, 0.05) is 23.2 Å². The quantitative estimate of drug-likeness (QED) is 0.745. The summed E-state index contributed by atoms with van der Waals surface area (Å²) in [4.78, 5) is 17.2. The number of hydrogen-bond donors (Lipinski definition) is 2. The maximum atomic E-state index is 12.1. The molecule has 0 saturated heterocycles. The number of rotatable bonds is 7. The van der Waals surface area contributed by atoms with Crippen LogP contribution >= 0.6 is 11.3 Å². The fourth-order valence-electron chi connectivity index (χ4n) is 1.79. The molecule has 0 saturated carbocycles. The van der Waals surface area contributed by atoms with Crippen molar-refractivity contribution in [2.24, 2.45) is 0 Å². The first-order valence-electron chi connectivity index (χ1n) is 6.82. The highest BCUT2D eigenvalue weighted by Gasteiger charge is 2.14. The molecule has 2 N–H and O–H groups in total. The van der Waals surface area contributed by atoms with Crippen LogP contribution in [0.2, 0.25) is 0 Å². The molecular weight excluding hydrogens is 334 g/mol. The second kappa shape index (κ2) is 7.49. The van der Waals surface area contributed by atoms with Crippen LogP contribution < -0.4 is 10.0 Å². The molecule has 0 bridgehead atoms. The van der Waals surface area contributed by atoms with Gasteiger partial charge >= 0.3 is 0 Å². The third kappa shape index (κ3) is 4.72. The fraction of sp³-hybridized carbons (Fsp3) is 0.200. The van der Waals surface area contributed by atoms with Crippen molar-refractivity contribution in [3.05, 3.63) is 58.6 Å². The lowest BCUT2D eigenvalue weighted by Crippen LogP contribution is -2.24. The van der Waals surface area contributed by atoms with E-state index in [1.807, 2.05) is 6.92 Å². The van der Waals surface area contributed by atoms with Crippen molar-refractivity contribution >= 4 is 27.3 Å². The summed E-state index contributed by atoms with van der Waals surface area (Å²) in [5.41, 5.74) is 0.397. The summed E-state index contributed by atoms with van der Waals surface area (Å²) in [7, 11) is -3.58. The minimum absolute atomic E-state index is 0.106. The van der Waals surface area contributed by atoms with Crippen LogP contribution in [0.3, 0.4) is 0 Å². The van der Waals surface area contributed by atoms with Crippen LogP contribution in [-0.2, 0) is 16.6 Å². The topological polar surface area (TPSA) is 88.2 Å². The van der Waals surface area contributed by atoms with Gasteiger partial charge in [-0.15, -0.1) is 17.9 Å². The Hall–Kier alpha value is -2.03. The second-order valence-corrected chi connectivity index (χ2v) is 7.78. The van der Waals surface area contributed by atoms with Gasteiger partial charge in [0.2, 0.25) is 10.0 Å². The summed E-state index contributed by atoms with van der Waals surface area (Å²) in [6, 6.07) is 5.76. The number of aromatic nitrogens is 1. The van der Waals surface area contributed by atoms with E-state index >= 15 is 0 Å². The molecule has 0 spiro atoms. The van der Waals surface area contributed by atoms with E-state index < -0.39 is 10.0 Å². The zero-order valence-corrected chi connectivity index (χ0v) is 14.2. The summed E-state index contributed by atoms with van der Waals surface area (Å²) < 4.78 is 26.2. The molecule has 23 heavy (non-hydrogen) atoms. The zero-order valence-electron chi connectivity index (χ0n) is 12.6. The number of amides is 1. The Labute approximate surface area is 139 Å². The van der Waals surface area contributed by atoms with E-state index in [-0.39, 0.29) is 17.3 Å². The van der Waals surface area contributed by atoms with Crippen LogP contribution in [0.5, 0.6) is 0 Å². The van der Waals surface area contributed by atoms with Gasteiger partial charge in [-0.3, -0.25) is 4.79 Å². The van der Waals surface area contributed by atoms with E-state index in [0.717, 1.165) is 9.88 Å². The van der Waals surface area contributed by atoms with Crippen molar-refractivity contribution in [2.75, 3.05) is 6.54 Å². The number of carbonyl (C=O) groups is 1. The lowest BCUT2D eigenvalue weighted by Gasteiger charge is -2.06. The number of nitrogens with one attached hydrogen (secondary N) is 2. The first-order chi connectivity index (χ1) is 10.9. The summed E-state index contributed by atoms with van der Waals surface area (Å²) >= 11 is 1.52. The van der Waals surface area contributed by atoms with E-state index in [1.165, 1.54) is 41.7 Å². The zero-order chi connectivity index (χ0) is 16.9. The Balaban J connectivity index is 2.01. The number of carbonyl (C=O) groups excluding carboxylic acids is 1. The molecule has 1 amide bonds. The first-order valence-corrected chi connectivity index (χ1v) is 9.12. The Bertz CT molecular complexity index is 796. The molecule has 6 nitrogen and oxygen atoms in total. The van der Waals surface area contributed by atoms with Crippen LogP contribution in [-0.4, -0.2) is 25.9 Å². The third-order valence-corrected chi connectivity index (χ3v) is 5.29. The van der Waals surface area contributed by atoms with Crippen molar-refractivity contribution in [3.8, 4) is 0 Å². The van der Waals surface area contributed by atoms with E-state index in [9.17, 15) is 13.2 Å². The molecule has 0 unspecified atom stereocenters. The lowest BCUT2D eigenvalue weighted by molar-refractivity contribution is 0.0951. The number of thiazole rings is 1. The van der Waals surface area contributed by atoms with E-state index in [2.05, 4.69) is 21.6 Å². The van der Waals surface area contributed by atoms with Gasteiger partial charge in [-0.2, -0.15) is 0 Å². The van der Waals surface area contributed by atoms with Crippen molar-refractivity contribution in [3.63, 3.8) is 0 Å². The molecule has 8 heteroatoms. The van der Waals surface area contributed by atoms with Gasteiger partial charge in [0.15, 0.2) is 0 Å². The highest BCUT2D eigenvalue weighted by Crippen LogP contribution is 2.13. The van der Waals surface area contributed by atoms with Crippen LogP contribution in [0.4, 0.5) is 0 Å². The Morgan fingerprint density at radius 1 is 1.35 bits per heavy atom. The molecule has 2 rings (SSSR count). The van der Waals surface area contributed by atoms with Crippen molar-refractivity contribution < 1.29 is 13.2 Å². The lowest BCUT2D eigenvalue weighted by atomic mass is 10.2. The van der Waals surface area contributed by atoms with Crippen LogP contribution in [0.1, 0.15) is 20.2 Å². The molecule has 0 radical (unpaired) electrons. The molecule has 0 fully saturated rings. The van der Waals surface area contributed by atoms with Crippen LogP contribution in [0, 0.1) is 6.92 Å². The standard InChI is InChI=1S/C15H17N3O3S2/c1-3-8-18-23(20,21)14-6-4-12(5-7-14)15(19)17-10-13-9-16-11(2)22-13/h3-7,9,18H,1,8,10H2,2H3,(H,17,19). The monoisotopic (exact) mass is 351 g/mol. The average molecular weight is 351 g/mol. The van der Waals surface area contributed by atoms with Gasteiger partial charge in [0.25, 0.3) is 5.91 Å². The number of hydrogen-bond acceptors (Lipinski definition) is 5. The van der Waals surface area contributed by atoms with Gasteiger partial charge in [0.1, 0.15) is 0 Å². The minimum Gasteiger partial charge on any atom is -0.347 e. The molecular formula is C15H17N3O3S2. The summed E-state index contributed by atoms with van der Waals surface area (Å²) in [5.74, 6) is -0.265. The molecule has 1 aromatic heterocycles. The highest BCUT2D eigenvalue weighted by molar-refractivity contribution is 7.89. The maximum absolute atomic E-state index is 12.1. The molecule has 0 atom stereocenters. The number of nitrogens with zero attached hydrogens (tertiary/aromatic N) is 1. The summed E-state index contributed by atoms with van der Waals surface area (Å²) in [6.45, 7) is 5.90. The van der Waals surface area contributed by atoms with Gasteiger partial charge in [-0.1, -0.05) is 6.08 Å². The predicted molar refractivity (Wildman–Crippen MR) is 89.8 cm³/mol. The summed E-state index contributed by atoms with van der Waals surface area (Å²) in [6.07, 6.45) is 3.18. The minimum atomic E-state index is -3.58. The number of aryl methyl sites for hydroxylation is 1. The van der Waals surface area contributed by atoms with E-state index in [1.54, 1.807) is 6.20 Å². The normalized spacial score (nSPS) is 11.2. The van der Waals surface area contributed by atoms with Crippen molar-refractivity contribution in [1.29, 1.82) is 0 Å². The third-order valence-electron chi connectivity index (χ3n) is 2.94. The number of sulfonamides is 1. The molecule has 122 valence electrons. The Morgan fingerprint density at radius 3 is 2.61 bits per heavy atom. The van der Waals surface area contributed by atoms with Crippen LogP contribution in [0.15, 0.2) is 48.0 Å². The Morgan fingerprint density at radius 2 is 2.04 bits per heavy atom. The van der Waals surface area contributed by atoms with Gasteiger partial charge in [-0.05, 0) is 31.2 Å². The summed E-state index contributed by atoms with van der Waals surface area (Å²) in [5, 5.41) is 3.71. The predicted octanol–water partition coefficient (Wildman–Crippen LogP) is 1.85. The maximum Gasteiger partial charge on any atom is 0.251 e. The average Bonchev–Trinajstić information content (AvgIpc) is 2.96. The highest BCUT2D eigenvalue weighted by atomic mass is 32.2. The second-order valence-electron chi connectivity index (χ2n) is 4.69. The SMILES string of the molecule is C=CCNS(=O)(=O)c1ccc(C(=O)NCc2cnc(C)s2)cc1. The van der Waals surface area contributed by atoms with E-state index in [0.29, 0.717) is 12.1 Å². The van der Waals surface area contributed by atoms with E-state index in [4.69, 9.17) is 0 Å². The smallest absolute Gasteiger partial charge is 0.251 e. The largest absolute Gasteiger partial charge is 0.347 e. The molecule has 1 aromatic carbocycles. The van der Waals surface area contributed by atoms with Gasteiger partial charge in [0.05, 0.1) is 16.4 Å². The van der Waals surface area contributed by atoms with Crippen molar-refractivity contribution in [2.45, 2.75) is 18.4 Å². The molecule has 0 aliphatic carbocycles. The number of benzene rings is 1. The van der Waals surface area contributed by atoms with Gasteiger partial charge < -0.3 is 5.32 Å². The fourth-order valence-corrected chi connectivity index (χ4v) is 3.53. The molecule has 2 aromatic rings. The molecule has 0 aliphatic rings. The molecule has 1 heterocycles. The van der Waals surface area contributed by atoms with Gasteiger partial charge in [-0.25, -0.2) is 18.1 Å². The van der Waals surface area contributed by atoms with Crippen LogP contribution in [0.25, 0.3) is 0 Å². The Kier molecular flexibility index (Phi) is 5.64. The first kappa shape index (κ1) is 17.3. The molecule has 0 aliphatic heterocycles.